The lowest BCUT2D eigenvalue weighted by Crippen LogP contribution is -2.47. The van der Waals surface area contributed by atoms with Gasteiger partial charge in [-0.25, -0.2) is 0 Å². The third-order valence-corrected chi connectivity index (χ3v) is 2.87. The largest absolute Gasteiger partial charge is 0.388 e. The van der Waals surface area contributed by atoms with Crippen molar-refractivity contribution in [3.63, 3.8) is 0 Å². The molecule has 0 aliphatic carbocycles. The van der Waals surface area contributed by atoms with Gasteiger partial charge in [0.1, 0.15) is 0 Å². The Hall–Kier alpha value is -1.13. The second kappa shape index (κ2) is 6.57. The van der Waals surface area contributed by atoms with Crippen molar-refractivity contribution in [3.05, 3.63) is 24.3 Å². The molecule has 0 aromatic carbocycles. The summed E-state index contributed by atoms with van der Waals surface area (Å²) in [5.74, 6) is -0.0944. The third-order valence-electron chi connectivity index (χ3n) is 2.87. The Morgan fingerprint density at radius 1 is 1.41 bits per heavy atom. The fraction of sp³-hybridized carbons (Fsp3) is 0.615. The van der Waals surface area contributed by atoms with Crippen LogP contribution < -0.4 is 0 Å². The molecule has 0 saturated carbocycles. The van der Waals surface area contributed by atoms with Crippen LogP contribution in [0.25, 0.3) is 0 Å². The molecule has 0 aromatic rings. The van der Waals surface area contributed by atoms with Gasteiger partial charge in [-0.2, -0.15) is 0 Å². The molecule has 4 nitrogen and oxygen atoms in total. The fourth-order valence-corrected chi connectivity index (χ4v) is 1.81. The molecule has 0 radical (unpaired) electrons. The Kier molecular flexibility index (Phi) is 5.38. The molecule has 1 rings (SSSR count). The minimum Gasteiger partial charge on any atom is -0.388 e. The molecule has 0 atom stereocenters. The Labute approximate surface area is 103 Å². The van der Waals surface area contributed by atoms with Gasteiger partial charge in [0.2, 0.25) is 5.91 Å². The van der Waals surface area contributed by atoms with Gasteiger partial charge in [0.15, 0.2) is 0 Å². The molecule has 17 heavy (non-hydrogen) atoms. The van der Waals surface area contributed by atoms with Gasteiger partial charge in [-0.15, -0.1) is 0 Å². The van der Waals surface area contributed by atoms with Crippen molar-refractivity contribution in [2.45, 2.75) is 25.4 Å². The number of likely N-dealkylation sites (N-methyl/N-ethyl adjacent to an activating group) is 1. The minimum atomic E-state index is -0.795. The normalized spacial score (nSPS) is 19.9. The zero-order valence-electron chi connectivity index (χ0n) is 10.6. The number of aliphatic hydroxyl groups is 1. The first-order chi connectivity index (χ1) is 8.07. The summed E-state index contributed by atoms with van der Waals surface area (Å²) in [7, 11) is 1.70. The number of allylic oxidation sites excluding steroid dienone is 3. The Bertz CT molecular complexity index is 304. The van der Waals surface area contributed by atoms with Gasteiger partial charge in [-0.1, -0.05) is 18.2 Å². The standard InChI is InChI=1S/C13H21NO3/c1-3-4-5-6-12(15)14(2)11-13(16)7-9-17-10-8-13/h3-6,16H,7-11H2,1-2H3. The molecule has 1 amide bonds. The average molecular weight is 239 g/mol. The molecule has 0 aromatic heterocycles. The van der Waals surface area contributed by atoms with Crippen molar-refractivity contribution in [2.24, 2.45) is 0 Å². The van der Waals surface area contributed by atoms with Gasteiger partial charge in [0, 0.05) is 45.7 Å². The van der Waals surface area contributed by atoms with E-state index in [1.54, 1.807) is 24.1 Å². The van der Waals surface area contributed by atoms with Crippen LogP contribution in [0.2, 0.25) is 0 Å². The number of hydrogen-bond donors (Lipinski definition) is 1. The monoisotopic (exact) mass is 239 g/mol. The smallest absolute Gasteiger partial charge is 0.246 e. The fourth-order valence-electron chi connectivity index (χ4n) is 1.81. The number of rotatable bonds is 4. The molecule has 1 saturated heterocycles. The van der Waals surface area contributed by atoms with Gasteiger partial charge < -0.3 is 14.7 Å². The zero-order valence-corrected chi connectivity index (χ0v) is 10.6. The highest BCUT2D eigenvalue weighted by Crippen LogP contribution is 2.21. The molecule has 1 aliphatic rings. The van der Waals surface area contributed by atoms with Gasteiger partial charge in [-0.3, -0.25) is 4.79 Å². The lowest BCUT2D eigenvalue weighted by atomic mass is 9.94. The lowest BCUT2D eigenvalue weighted by Gasteiger charge is -2.35. The van der Waals surface area contributed by atoms with E-state index in [2.05, 4.69) is 0 Å². The van der Waals surface area contributed by atoms with Crippen molar-refractivity contribution in [1.29, 1.82) is 0 Å². The number of amides is 1. The number of ether oxygens (including phenoxy) is 1. The summed E-state index contributed by atoms with van der Waals surface area (Å²) in [6.07, 6.45) is 8.03. The number of carbonyl (C=O) groups is 1. The minimum absolute atomic E-state index is 0.0944. The Balaban J connectivity index is 2.47. The maximum atomic E-state index is 11.7. The predicted molar refractivity (Wildman–Crippen MR) is 66.6 cm³/mol. The van der Waals surface area contributed by atoms with E-state index in [0.29, 0.717) is 32.6 Å². The van der Waals surface area contributed by atoms with Crippen LogP contribution in [0.15, 0.2) is 24.3 Å². The van der Waals surface area contributed by atoms with Crippen LogP contribution in [-0.2, 0) is 9.53 Å². The van der Waals surface area contributed by atoms with Gasteiger partial charge in [0.25, 0.3) is 0 Å². The van der Waals surface area contributed by atoms with Gasteiger partial charge in [0.05, 0.1) is 5.60 Å². The summed E-state index contributed by atoms with van der Waals surface area (Å²) in [6.45, 7) is 3.37. The molecule has 1 N–H and O–H groups in total. The van der Waals surface area contributed by atoms with Crippen molar-refractivity contribution in [3.8, 4) is 0 Å². The average Bonchev–Trinajstić information content (AvgIpc) is 2.29. The summed E-state index contributed by atoms with van der Waals surface area (Å²) < 4.78 is 5.20. The first-order valence-corrected chi connectivity index (χ1v) is 5.92. The van der Waals surface area contributed by atoms with E-state index in [-0.39, 0.29) is 5.91 Å². The second-order valence-corrected chi connectivity index (χ2v) is 4.42. The second-order valence-electron chi connectivity index (χ2n) is 4.42. The first-order valence-electron chi connectivity index (χ1n) is 5.92. The summed E-state index contributed by atoms with van der Waals surface area (Å²) in [5.41, 5.74) is -0.795. The van der Waals surface area contributed by atoms with Gasteiger partial charge in [-0.05, 0) is 6.92 Å². The van der Waals surface area contributed by atoms with Crippen molar-refractivity contribution < 1.29 is 14.6 Å². The van der Waals surface area contributed by atoms with E-state index >= 15 is 0 Å². The molecule has 0 unspecified atom stereocenters. The number of hydrogen-bond acceptors (Lipinski definition) is 3. The van der Waals surface area contributed by atoms with Crippen LogP contribution in [-0.4, -0.2) is 48.3 Å². The topological polar surface area (TPSA) is 49.8 Å². The van der Waals surface area contributed by atoms with Crippen molar-refractivity contribution >= 4 is 5.91 Å². The quantitative estimate of drug-likeness (QED) is 0.591. The summed E-state index contributed by atoms with van der Waals surface area (Å²) >= 11 is 0. The Morgan fingerprint density at radius 2 is 2.06 bits per heavy atom. The summed E-state index contributed by atoms with van der Waals surface area (Å²) in [6, 6.07) is 0. The van der Waals surface area contributed by atoms with Crippen LogP contribution in [0.5, 0.6) is 0 Å². The van der Waals surface area contributed by atoms with Crippen LogP contribution in [0.1, 0.15) is 19.8 Å². The molecular weight excluding hydrogens is 218 g/mol. The highest BCUT2D eigenvalue weighted by atomic mass is 16.5. The molecule has 1 heterocycles. The molecule has 4 heteroatoms. The zero-order chi connectivity index (χ0) is 12.7. The summed E-state index contributed by atoms with van der Waals surface area (Å²) in [4.78, 5) is 13.2. The molecule has 1 aliphatic heterocycles. The van der Waals surface area contributed by atoms with E-state index in [4.69, 9.17) is 4.74 Å². The molecule has 0 spiro atoms. The highest BCUT2D eigenvalue weighted by Gasteiger charge is 2.31. The number of nitrogens with zero attached hydrogens (tertiary/aromatic N) is 1. The maximum Gasteiger partial charge on any atom is 0.246 e. The van der Waals surface area contributed by atoms with Crippen molar-refractivity contribution in [2.75, 3.05) is 26.8 Å². The third kappa shape index (κ3) is 4.71. The molecular formula is C13H21NO3. The first kappa shape index (κ1) is 13.9. The molecule has 1 fully saturated rings. The number of carbonyl (C=O) groups excluding carboxylic acids is 1. The highest BCUT2D eigenvalue weighted by molar-refractivity contribution is 5.87. The van der Waals surface area contributed by atoms with E-state index in [1.165, 1.54) is 6.08 Å². The summed E-state index contributed by atoms with van der Waals surface area (Å²) in [5, 5.41) is 10.3. The van der Waals surface area contributed by atoms with Crippen LogP contribution in [0.4, 0.5) is 0 Å². The lowest BCUT2D eigenvalue weighted by molar-refractivity contribution is -0.131. The van der Waals surface area contributed by atoms with E-state index in [0.717, 1.165) is 0 Å². The Morgan fingerprint density at radius 3 is 2.65 bits per heavy atom. The van der Waals surface area contributed by atoms with Crippen molar-refractivity contribution in [1.82, 2.24) is 4.90 Å². The van der Waals surface area contributed by atoms with Crippen LogP contribution >= 0.6 is 0 Å². The van der Waals surface area contributed by atoms with Crippen LogP contribution in [0.3, 0.4) is 0 Å². The molecule has 96 valence electrons. The van der Waals surface area contributed by atoms with Gasteiger partial charge >= 0.3 is 0 Å². The molecule has 0 bridgehead atoms. The maximum absolute atomic E-state index is 11.7. The predicted octanol–water partition coefficient (Wildman–Crippen LogP) is 1.12. The van der Waals surface area contributed by atoms with Crippen LogP contribution in [0, 0.1) is 0 Å². The van der Waals surface area contributed by atoms with E-state index in [9.17, 15) is 9.90 Å². The SMILES string of the molecule is CC=CC=CC(=O)N(C)CC1(O)CCOCC1. The van der Waals surface area contributed by atoms with E-state index in [1.807, 2.05) is 13.0 Å². The van der Waals surface area contributed by atoms with E-state index < -0.39 is 5.60 Å².